The molecule has 0 amide bonds. The van der Waals surface area contributed by atoms with E-state index in [1.807, 2.05) is 0 Å². The third-order valence-electron chi connectivity index (χ3n) is 3.35. The van der Waals surface area contributed by atoms with Crippen LogP contribution in [0.3, 0.4) is 0 Å². The fraction of sp³-hybridized carbons (Fsp3) is 1.00. The molecule has 1 spiro atoms. The lowest BCUT2D eigenvalue weighted by atomic mass is 9.90. The molecule has 2 rings (SSSR count). The van der Waals surface area contributed by atoms with Crippen molar-refractivity contribution < 1.29 is 18.9 Å². The summed E-state index contributed by atoms with van der Waals surface area (Å²) in [6.07, 6.45) is 1.08. The van der Waals surface area contributed by atoms with Gasteiger partial charge in [-0.2, -0.15) is 0 Å². The van der Waals surface area contributed by atoms with E-state index in [1.54, 1.807) is 0 Å². The number of hydrogen-bond donors (Lipinski definition) is 4. The SMILES string of the molecule is NNCCC1OCC2(CO1)COC(CCNN)OC2. The van der Waals surface area contributed by atoms with Crippen molar-refractivity contribution in [1.29, 1.82) is 0 Å². The smallest absolute Gasteiger partial charge is 0.158 e. The Kier molecular flexibility index (Phi) is 5.92. The van der Waals surface area contributed by atoms with Gasteiger partial charge in [-0.1, -0.05) is 0 Å². The zero-order valence-corrected chi connectivity index (χ0v) is 11.1. The van der Waals surface area contributed by atoms with Gasteiger partial charge in [-0.25, -0.2) is 0 Å². The third kappa shape index (κ3) is 4.33. The number of nitrogens with one attached hydrogen (secondary N) is 2. The van der Waals surface area contributed by atoms with Gasteiger partial charge in [-0.15, -0.1) is 0 Å². The second kappa shape index (κ2) is 7.46. The molecule has 2 heterocycles. The Hall–Kier alpha value is -0.320. The Morgan fingerprint density at radius 3 is 1.47 bits per heavy atom. The summed E-state index contributed by atoms with van der Waals surface area (Å²) in [5.41, 5.74) is 4.99. The highest BCUT2D eigenvalue weighted by Crippen LogP contribution is 2.31. The van der Waals surface area contributed by atoms with Gasteiger partial charge in [0.1, 0.15) is 0 Å². The molecule has 2 aliphatic rings. The van der Waals surface area contributed by atoms with Gasteiger partial charge in [-0.05, 0) is 0 Å². The summed E-state index contributed by atoms with van der Waals surface area (Å²) < 4.78 is 22.7. The Labute approximate surface area is 113 Å². The lowest BCUT2D eigenvalue weighted by Crippen LogP contribution is -2.52. The van der Waals surface area contributed by atoms with Gasteiger partial charge in [0.25, 0.3) is 0 Å². The quantitative estimate of drug-likeness (QED) is 0.340. The average molecular weight is 276 g/mol. The lowest BCUT2D eigenvalue weighted by molar-refractivity contribution is -0.303. The van der Waals surface area contributed by atoms with Crippen molar-refractivity contribution in [2.75, 3.05) is 39.5 Å². The van der Waals surface area contributed by atoms with Crippen LogP contribution in [0, 0.1) is 5.41 Å². The van der Waals surface area contributed by atoms with Crippen LogP contribution in [0.5, 0.6) is 0 Å². The maximum absolute atomic E-state index is 5.68. The molecule has 2 saturated heterocycles. The van der Waals surface area contributed by atoms with Crippen molar-refractivity contribution in [2.45, 2.75) is 25.4 Å². The minimum atomic E-state index is -0.194. The molecule has 0 saturated carbocycles. The number of hydrogen-bond acceptors (Lipinski definition) is 8. The van der Waals surface area contributed by atoms with E-state index in [4.69, 9.17) is 30.6 Å². The maximum atomic E-state index is 5.68. The van der Waals surface area contributed by atoms with Crippen LogP contribution in [-0.2, 0) is 18.9 Å². The average Bonchev–Trinajstić information content (AvgIpc) is 2.46. The van der Waals surface area contributed by atoms with Crippen molar-refractivity contribution in [2.24, 2.45) is 17.1 Å². The molecule has 0 atom stereocenters. The summed E-state index contributed by atoms with van der Waals surface area (Å²) in [6, 6.07) is 0. The van der Waals surface area contributed by atoms with Crippen LogP contribution in [0.1, 0.15) is 12.8 Å². The molecule has 2 fully saturated rings. The Morgan fingerprint density at radius 1 is 0.789 bits per heavy atom. The second-order valence-electron chi connectivity index (χ2n) is 5.09. The fourth-order valence-corrected chi connectivity index (χ4v) is 2.16. The Balaban J connectivity index is 1.69. The first kappa shape index (κ1) is 15.1. The second-order valence-corrected chi connectivity index (χ2v) is 5.09. The van der Waals surface area contributed by atoms with E-state index >= 15 is 0 Å². The van der Waals surface area contributed by atoms with Gasteiger partial charge in [0.05, 0.1) is 31.8 Å². The first-order valence-corrected chi connectivity index (χ1v) is 6.61. The molecule has 0 radical (unpaired) electrons. The van der Waals surface area contributed by atoms with Crippen LogP contribution in [0.2, 0.25) is 0 Å². The molecule has 0 bridgehead atoms. The molecule has 0 aliphatic carbocycles. The van der Waals surface area contributed by atoms with Gasteiger partial charge >= 0.3 is 0 Å². The molecular formula is C11H24N4O4. The van der Waals surface area contributed by atoms with Crippen LogP contribution < -0.4 is 22.5 Å². The van der Waals surface area contributed by atoms with Gasteiger partial charge in [0, 0.05) is 25.9 Å². The van der Waals surface area contributed by atoms with E-state index in [9.17, 15) is 0 Å². The van der Waals surface area contributed by atoms with Crippen LogP contribution in [0.4, 0.5) is 0 Å². The van der Waals surface area contributed by atoms with Gasteiger partial charge < -0.3 is 18.9 Å². The minimum absolute atomic E-state index is 0.181. The van der Waals surface area contributed by atoms with E-state index in [0.717, 1.165) is 12.8 Å². The predicted molar refractivity (Wildman–Crippen MR) is 67.4 cm³/mol. The van der Waals surface area contributed by atoms with E-state index < -0.39 is 0 Å². The van der Waals surface area contributed by atoms with E-state index in [-0.39, 0.29) is 18.0 Å². The van der Waals surface area contributed by atoms with Gasteiger partial charge in [-0.3, -0.25) is 22.5 Å². The monoisotopic (exact) mass is 276 g/mol. The third-order valence-corrected chi connectivity index (χ3v) is 3.35. The van der Waals surface area contributed by atoms with E-state index in [0.29, 0.717) is 39.5 Å². The first-order valence-electron chi connectivity index (χ1n) is 6.61. The highest BCUT2D eigenvalue weighted by Gasteiger charge is 2.41. The molecule has 0 aromatic rings. The Bertz CT molecular complexity index is 224. The summed E-state index contributed by atoms with van der Waals surface area (Å²) in [5, 5.41) is 0. The highest BCUT2D eigenvalue weighted by molar-refractivity contribution is 4.84. The molecule has 8 nitrogen and oxygen atoms in total. The van der Waals surface area contributed by atoms with Crippen molar-refractivity contribution in [1.82, 2.24) is 10.9 Å². The number of hydrazine groups is 2. The molecule has 6 N–H and O–H groups in total. The zero-order valence-electron chi connectivity index (χ0n) is 11.1. The first-order chi connectivity index (χ1) is 9.28. The summed E-state index contributed by atoms with van der Waals surface area (Å²) in [6.45, 7) is 3.68. The highest BCUT2D eigenvalue weighted by atomic mass is 16.7. The van der Waals surface area contributed by atoms with Crippen molar-refractivity contribution in [3.05, 3.63) is 0 Å². The predicted octanol–water partition coefficient (Wildman–Crippen LogP) is -1.57. The number of rotatable bonds is 6. The van der Waals surface area contributed by atoms with Crippen molar-refractivity contribution in [3.63, 3.8) is 0 Å². The van der Waals surface area contributed by atoms with Crippen LogP contribution in [-0.4, -0.2) is 52.1 Å². The summed E-state index contributed by atoms with van der Waals surface area (Å²) in [7, 11) is 0. The molecule has 112 valence electrons. The summed E-state index contributed by atoms with van der Waals surface area (Å²) in [5.74, 6) is 10.4. The van der Waals surface area contributed by atoms with Crippen LogP contribution >= 0.6 is 0 Å². The Morgan fingerprint density at radius 2 is 1.16 bits per heavy atom. The fourth-order valence-electron chi connectivity index (χ4n) is 2.16. The van der Waals surface area contributed by atoms with E-state index in [2.05, 4.69) is 10.9 Å². The molecule has 8 heteroatoms. The van der Waals surface area contributed by atoms with Gasteiger partial charge in [0.2, 0.25) is 0 Å². The number of nitrogens with two attached hydrogens (primary N) is 2. The lowest BCUT2D eigenvalue weighted by Gasteiger charge is -2.43. The topological polar surface area (TPSA) is 113 Å². The standard InChI is InChI=1S/C11H24N4O4/c12-14-3-1-9-16-5-11(6-17-9)7-18-10(19-8-11)2-4-15-13/h9-10,14-15H,1-8,12-13H2. The van der Waals surface area contributed by atoms with Crippen molar-refractivity contribution >= 4 is 0 Å². The van der Waals surface area contributed by atoms with Gasteiger partial charge in [0.15, 0.2) is 12.6 Å². The largest absolute Gasteiger partial charge is 0.352 e. The molecule has 0 aromatic heterocycles. The van der Waals surface area contributed by atoms with Crippen LogP contribution in [0.25, 0.3) is 0 Å². The number of ether oxygens (including phenoxy) is 4. The van der Waals surface area contributed by atoms with Crippen molar-refractivity contribution in [3.8, 4) is 0 Å². The summed E-state index contributed by atoms with van der Waals surface area (Å²) in [4.78, 5) is 0. The molecule has 0 aromatic carbocycles. The maximum Gasteiger partial charge on any atom is 0.158 e. The molecule has 19 heavy (non-hydrogen) atoms. The minimum Gasteiger partial charge on any atom is -0.352 e. The molecule has 0 unspecified atom stereocenters. The molecular weight excluding hydrogens is 252 g/mol. The molecule has 2 aliphatic heterocycles. The zero-order chi connectivity index (χ0) is 13.6. The van der Waals surface area contributed by atoms with Crippen LogP contribution in [0.15, 0.2) is 0 Å². The normalized spacial score (nSPS) is 35.7. The van der Waals surface area contributed by atoms with E-state index in [1.165, 1.54) is 0 Å². The summed E-state index contributed by atoms with van der Waals surface area (Å²) >= 11 is 0.